The molecular weight excluding hydrogens is 502 g/mol. The van der Waals surface area contributed by atoms with E-state index in [9.17, 15) is 24.6 Å². The molecule has 1 unspecified atom stereocenters. The molecule has 12 heteroatoms. The molecule has 1 aliphatic heterocycles. The van der Waals surface area contributed by atoms with Crippen LogP contribution in [0.1, 0.15) is 37.5 Å². The summed E-state index contributed by atoms with van der Waals surface area (Å²) >= 11 is 1.14. The number of carboxylic acids is 1. The summed E-state index contributed by atoms with van der Waals surface area (Å²) in [6.45, 7) is 4.71. The number of thiophene rings is 1. The van der Waals surface area contributed by atoms with Crippen LogP contribution in [0.3, 0.4) is 0 Å². The van der Waals surface area contributed by atoms with E-state index in [0.29, 0.717) is 33.9 Å². The Labute approximate surface area is 214 Å². The number of aryl methyl sites for hydroxylation is 1. The van der Waals surface area contributed by atoms with Crippen molar-refractivity contribution in [3.63, 3.8) is 0 Å². The molecule has 3 aromatic heterocycles. The zero-order valence-corrected chi connectivity index (χ0v) is 21.2. The fraction of sp³-hybridized carbons (Fsp3) is 0.360. The van der Waals surface area contributed by atoms with Gasteiger partial charge in [0, 0.05) is 12.0 Å². The molecule has 0 bridgehead atoms. The number of fused-ring (bicyclic) bond motifs is 1. The van der Waals surface area contributed by atoms with Gasteiger partial charge in [0.2, 0.25) is 5.89 Å². The molecule has 4 heterocycles. The number of para-hydroxylation sites is 1. The zero-order chi connectivity index (χ0) is 26.5. The highest BCUT2D eigenvalue weighted by atomic mass is 32.1. The number of rotatable bonds is 8. The van der Waals surface area contributed by atoms with Crippen molar-refractivity contribution in [1.29, 1.82) is 0 Å². The van der Waals surface area contributed by atoms with Gasteiger partial charge < -0.3 is 24.1 Å². The van der Waals surface area contributed by atoms with E-state index in [0.717, 1.165) is 15.9 Å². The number of hydrogen-bond acceptors (Lipinski definition) is 9. The highest BCUT2D eigenvalue weighted by Gasteiger charge is 2.36. The van der Waals surface area contributed by atoms with Gasteiger partial charge in [0.1, 0.15) is 28.5 Å². The fourth-order valence-electron chi connectivity index (χ4n) is 4.28. The monoisotopic (exact) mass is 527 g/mol. The molecular formula is C25H25N3O8S. The minimum absolute atomic E-state index is 0.0295. The summed E-state index contributed by atoms with van der Waals surface area (Å²) in [6.07, 6.45) is 2.16. The molecule has 4 aromatic rings. The second-order valence-electron chi connectivity index (χ2n) is 9.24. The Hall–Kier alpha value is -3.74. The van der Waals surface area contributed by atoms with Gasteiger partial charge in [0.25, 0.3) is 5.56 Å². The molecule has 0 aliphatic carbocycles. The molecule has 11 nitrogen and oxygen atoms in total. The highest BCUT2D eigenvalue weighted by Crippen LogP contribution is 2.37. The van der Waals surface area contributed by atoms with Gasteiger partial charge in [-0.3, -0.25) is 9.36 Å². The van der Waals surface area contributed by atoms with E-state index >= 15 is 0 Å². The lowest BCUT2D eigenvalue weighted by Crippen LogP contribution is -2.52. The van der Waals surface area contributed by atoms with Crippen LogP contribution in [0.5, 0.6) is 5.75 Å². The Bertz CT molecular complexity index is 1590. The number of hydrogen-bond donors (Lipinski definition) is 2. The van der Waals surface area contributed by atoms with E-state index in [1.807, 2.05) is 0 Å². The average Bonchev–Trinajstić information content (AvgIpc) is 3.46. The summed E-state index contributed by atoms with van der Waals surface area (Å²) in [6, 6.07) is 6.59. The molecule has 2 N–H and O–H groups in total. The van der Waals surface area contributed by atoms with E-state index in [-0.39, 0.29) is 23.6 Å². The third-order valence-electron chi connectivity index (χ3n) is 6.53. The van der Waals surface area contributed by atoms with Crippen LogP contribution >= 0.6 is 11.3 Å². The fourth-order valence-corrected chi connectivity index (χ4v) is 5.52. The number of oxazole rings is 1. The van der Waals surface area contributed by atoms with Crippen molar-refractivity contribution in [1.82, 2.24) is 14.1 Å². The highest BCUT2D eigenvalue weighted by molar-refractivity contribution is 7.22. The Morgan fingerprint density at radius 3 is 2.65 bits per heavy atom. The summed E-state index contributed by atoms with van der Waals surface area (Å²) in [5.74, 6) is -1.09. The number of aromatic nitrogens is 3. The van der Waals surface area contributed by atoms with Gasteiger partial charge in [-0.15, -0.1) is 11.3 Å². The number of nitrogens with zero attached hydrogens (tertiary/aromatic N) is 3. The molecule has 1 fully saturated rings. The number of phenolic OH excluding ortho intramolecular Hbond substituents is 1. The van der Waals surface area contributed by atoms with Gasteiger partial charge in [0.05, 0.1) is 29.6 Å². The quantitative estimate of drug-likeness (QED) is 0.353. The summed E-state index contributed by atoms with van der Waals surface area (Å²) in [4.78, 5) is 44.7. The Morgan fingerprint density at radius 2 is 2.05 bits per heavy atom. The van der Waals surface area contributed by atoms with Crippen LogP contribution in [0.4, 0.5) is 0 Å². The molecule has 0 amide bonds. The van der Waals surface area contributed by atoms with Crippen LogP contribution in [0.2, 0.25) is 0 Å². The third kappa shape index (κ3) is 4.16. The normalized spacial score (nSPS) is 16.6. The number of carbonyl (C=O) groups is 1. The van der Waals surface area contributed by atoms with Crippen LogP contribution in [-0.4, -0.2) is 43.2 Å². The minimum Gasteiger partial charge on any atom is -0.508 e. The van der Waals surface area contributed by atoms with Gasteiger partial charge in [-0.05, 0) is 32.4 Å². The molecule has 5 rings (SSSR count). The standard InChI is InChI=1S/C25H25N3O8S/c1-13-18-21(30)28(25(2,3)23(31)32)24(33)27(22(18)37-19(13)20-26-9-11-35-20)12-16(36-17-8-10-34-17)14-6-4-5-7-15(14)29/h4-7,9,11,16-17,29H,8,10,12H2,1-3H3,(H,31,32)/t16-,17?/m0/s1. The number of phenols is 1. The van der Waals surface area contributed by atoms with Crippen molar-refractivity contribution >= 4 is 27.5 Å². The molecule has 0 saturated carbocycles. The zero-order valence-electron chi connectivity index (χ0n) is 20.3. The molecule has 2 atom stereocenters. The van der Waals surface area contributed by atoms with Crippen molar-refractivity contribution < 1.29 is 28.9 Å². The molecule has 1 aromatic carbocycles. The first-order chi connectivity index (χ1) is 17.6. The molecule has 0 radical (unpaired) electrons. The minimum atomic E-state index is -1.84. The van der Waals surface area contributed by atoms with Gasteiger partial charge in [-0.1, -0.05) is 18.2 Å². The first kappa shape index (κ1) is 24.9. The summed E-state index contributed by atoms with van der Waals surface area (Å²) in [7, 11) is 0. The van der Waals surface area contributed by atoms with Gasteiger partial charge in [-0.25, -0.2) is 19.1 Å². The Kier molecular flexibility index (Phi) is 6.26. The van der Waals surface area contributed by atoms with Crippen LogP contribution in [0, 0.1) is 6.92 Å². The predicted molar refractivity (Wildman–Crippen MR) is 134 cm³/mol. The summed E-state index contributed by atoms with van der Waals surface area (Å²) < 4.78 is 19.1. The van der Waals surface area contributed by atoms with Crippen LogP contribution in [-0.2, 0) is 26.4 Å². The topological polar surface area (TPSA) is 146 Å². The van der Waals surface area contributed by atoms with E-state index in [1.54, 1.807) is 25.1 Å². The largest absolute Gasteiger partial charge is 0.508 e. The van der Waals surface area contributed by atoms with E-state index in [1.165, 1.54) is 36.9 Å². The van der Waals surface area contributed by atoms with E-state index in [4.69, 9.17) is 13.9 Å². The van der Waals surface area contributed by atoms with Gasteiger partial charge >= 0.3 is 11.7 Å². The lowest BCUT2D eigenvalue weighted by Gasteiger charge is -2.32. The lowest BCUT2D eigenvalue weighted by molar-refractivity contribution is -0.239. The molecule has 1 aliphatic rings. The average molecular weight is 528 g/mol. The number of benzene rings is 1. The summed E-state index contributed by atoms with van der Waals surface area (Å²) in [5, 5.41) is 20.6. The Morgan fingerprint density at radius 1 is 1.32 bits per heavy atom. The van der Waals surface area contributed by atoms with Crippen molar-refractivity contribution in [3.8, 4) is 16.5 Å². The maximum Gasteiger partial charge on any atom is 0.333 e. The van der Waals surface area contributed by atoms with Crippen molar-refractivity contribution in [2.75, 3.05) is 6.61 Å². The molecule has 0 spiro atoms. The Balaban J connectivity index is 1.78. The predicted octanol–water partition coefficient (Wildman–Crippen LogP) is 3.22. The number of aromatic hydroxyl groups is 1. The maximum atomic E-state index is 13.9. The number of ether oxygens (including phenoxy) is 2. The first-order valence-corrected chi connectivity index (χ1v) is 12.4. The third-order valence-corrected chi connectivity index (χ3v) is 7.83. The van der Waals surface area contributed by atoms with Gasteiger partial charge in [-0.2, -0.15) is 0 Å². The molecule has 194 valence electrons. The maximum absolute atomic E-state index is 13.9. The first-order valence-electron chi connectivity index (χ1n) is 11.6. The van der Waals surface area contributed by atoms with E-state index in [2.05, 4.69) is 4.98 Å². The summed E-state index contributed by atoms with van der Waals surface area (Å²) in [5.41, 5.74) is -2.45. The lowest BCUT2D eigenvalue weighted by atomic mass is 10.1. The van der Waals surface area contributed by atoms with Crippen molar-refractivity contribution in [2.45, 2.75) is 51.7 Å². The SMILES string of the molecule is Cc1c(-c2ncco2)sc2c1c(=O)n(C(C)(C)C(=O)O)c(=O)n2C[C@H](OC1CCO1)c1ccccc1O. The van der Waals surface area contributed by atoms with Crippen LogP contribution in [0.15, 0.2) is 50.7 Å². The van der Waals surface area contributed by atoms with Crippen molar-refractivity contribution in [3.05, 3.63) is 68.7 Å². The van der Waals surface area contributed by atoms with E-state index < -0.39 is 35.2 Å². The van der Waals surface area contributed by atoms with Crippen LogP contribution in [0.25, 0.3) is 21.0 Å². The molecule has 1 saturated heterocycles. The molecule has 37 heavy (non-hydrogen) atoms. The smallest absolute Gasteiger partial charge is 0.333 e. The second-order valence-corrected chi connectivity index (χ2v) is 10.2. The number of aliphatic carboxylic acids is 1. The van der Waals surface area contributed by atoms with Crippen LogP contribution < -0.4 is 11.2 Å². The number of carboxylic acid groups (broad SMARTS) is 1. The van der Waals surface area contributed by atoms with Gasteiger partial charge in [0.15, 0.2) is 6.29 Å². The van der Waals surface area contributed by atoms with Crippen molar-refractivity contribution in [2.24, 2.45) is 0 Å². The second kappa shape index (κ2) is 9.29.